The van der Waals surface area contributed by atoms with Crippen molar-refractivity contribution in [2.45, 2.75) is 31.2 Å². The van der Waals surface area contributed by atoms with Gasteiger partial charge in [-0.2, -0.15) is 0 Å². The number of hydrogen-bond acceptors (Lipinski definition) is 0. The Morgan fingerprint density at radius 1 is 1.60 bits per heavy atom. The van der Waals surface area contributed by atoms with E-state index in [1.165, 1.54) is 22.9 Å². The minimum absolute atomic E-state index is 0.186. The molecule has 0 N–H and O–H groups in total. The van der Waals surface area contributed by atoms with E-state index in [2.05, 4.69) is 23.7 Å². The van der Waals surface area contributed by atoms with Gasteiger partial charge in [-0.25, -0.2) is 0 Å². The summed E-state index contributed by atoms with van der Waals surface area (Å²) in [6.07, 6.45) is 4.90. The zero-order chi connectivity index (χ0) is 7.82. The molecule has 0 radical (unpaired) electrons. The molecule has 58 valence electrons. The number of allylic oxidation sites excluding steroid dienone is 2. The quantitative estimate of drug-likeness (QED) is 0.400. The van der Waals surface area contributed by atoms with Gasteiger partial charge in [-0.3, -0.25) is 0 Å². The molecule has 0 aromatic heterocycles. The Morgan fingerprint density at radius 2 is 2.30 bits per heavy atom. The summed E-state index contributed by atoms with van der Waals surface area (Å²) in [5.74, 6) is 0. The maximum absolute atomic E-state index is 3.81. The molecule has 0 aliphatic rings. The van der Waals surface area contributed by atoms with Crippen LogP contribution in [-0.4, -0.2) is 20.9 Å². The van der Waals surface area contributed by atoms with Crippen molar-refractivity contribution in [2.24, 2.45) is 0 Å². The fraction of sp³-hybridized carbons (Fsp3) is 0.556. The van der Waals surface area contributed by atoms with E-state index in [4.69, 9.17) is 0 Å². The van der Waals surface area contributed by atoms with Crippen molar-refractivity contribution in [3.8, 4) is 0 Å². The molecule has 0 spiro atoms. The molecule has 0 amide bonds. The Kier molecular flexibility index (Phi) is 7.58. The van der Waals surface area contributed by atoms with Gasteiger partial charge in [0.15, 0.2) is 0 Å². The molecule has 0 bridgehead atoms. The monoisotopic (exact) mass is 254 g/mol. The van der Waals surface area contributed by atoms with Crippen molar-refractivity contribution in [3.05, 3.63) is 22.4 Å². The molecule has 0 saturated carbocycles. The van der Waals surface area contributed by atoms with Gasteiger partial charge in [-0.15, -0.1) is 0 Å². The predicted molar refractivity (Wildman–Crippen MR) is 49.4 cm³/mol. The maximum atomic E-state index is 3.81. The number of hydrogen-bond donors (Lipinski definition) is 0. The van der Waals surface area contributed by atoms with Gasteiger partial charge in [0.05, 0.1) is 0 Å². The van der Waals surface area contributed by atoms with Crippen LogP contribution in [0.15, 0.2) is 22.4 Å². The van der Waals surface area contributed by atoms with Gasteiger partial charge in [0.2, 0.25) is 0 Å². The molecule has 0 aliphatic heterocycles. The first-order valence-corrected chi connectivity index (χ1v) is 6.70. The molecule has 0 atom stereocenters. The van der Waals surface area contributed by atoms with Crippen LogP contribution < -0.4 is 0 Å². The second-order valence-electron chi connectivity index (χ2n) is 2.37. The molecule has 0 heterocycles. The van der Waals surface area contributed by atoms with Crippen molar-refractivity contribution in [1.29, 1.82) is 0 Å². The van der Waals surface area contributed by atoms with Crippen LogP contribution in [0.2, 0.25) is 4.47 Å². The van der Waals surface area contributed by atoms with E-state index in [1.54, 1.807) is 0 Å². The predicted octanol–water partition coefficient (Wildman–Crippen LogP) is 3.00. The first-order valence-electron chi connectivity index (χ1n) is 3.71. The van der Waals surface area contributed by atoms with Crippen molar-refractivity contribution in [1.82, 2.24) is 0 Å². The molecule has 0 aromatic rings. The van der Waals surface area contributed by atoms with Crippen molar-refractivity contribution in [3.63, 3.8) is 0 Å². The van der Waals surface area contributed by atoms with Gasteiger partial charge in [0, 0.05) is 0 Å². The normalized spacial score (nSPS) is 10.6. The molecule has 0 saturated heterocycles. The van der Waals surface area contributed by atoms with Gasteiger partial charge in [-0.1, -0.05) is 0 Å². The third kappa shape index (κ3) is 8.27. The standard InChI is InChI=1S/C9H16Te/c1-4-5-7-10-8-6-9(2)3/h6,8H,2,4-5,7H2,1,3H3. The van der Waals surface area contributed by atoms with Crippen LogP contribution in [0.5, 0.6) is 0 Å². The topological polar surface area (TPSA) is 0 Å². The zero-order valence-electron chi connectivity index (χ0n) is 6.89. The summed E-state index contributed by atoms with van der Waals surface area (Å²) >= 11 is 0.186. The van der Waals surface area contributed by atoms with E-state index in [-0.39, 0.29) is 20.9 Å². The molecule has 0 unspecified atom stereocenters. The second-order valence-corrected chi connectivity index (χ2v) is 5.27. The van der Waals surface area contributed by atoms with E-state index >= 15 is 0 Å². The first kappa shape index (κ1) is 10.3. The van der Waals surface area contributed by atoms with Crippen molar-refractivity contribution >= 4 is 20.9 Å². The van der Waals surface area contributed by atoms with Crippen LogP contribution in [0.4, 0.5) is 0 Å². The molecule has 0 aliphatic carbocycles. The van der Waals surface area contributed by atoms with Crippen LogP contribution in [-0.2, 0) is 0 Å². The van der Waals surface area contributed by atoms with Crippen LogP contribution in [0.25, 0.3) is 0 Å². The second kappa shape index (κ2) is 7.38. The number of unbranched alkanes of at least 4 members (excludes halogenated alkanes) is 1. The Morgan fingerprint density at radius 3 is 2.80 bits per heavy atom. The molecular formula is C9H16Te. The van der Waals surface area contributed by atoms with Crippen molar-refractivity contribution < 1.29 is 0 Å². The fourth-order valence-corrected chi connectivity index (χ4v) is 3.09. The third-order valence-electron chi connectivity index (χ3n) is 1.06. The van der Waals surface area contributed by atoms with E-state index < -0.39 is 0 Å². The minimum atomic E-state index is 0.186. The molecule has 0 fully saturated rings. The van der Waals surface area contributed by atoms with Crippen LogP contribution in [0.3, 0.4) is 0 Å². The Bertz CT molecular complexity index is 114. The molecule has 0 nitrogen and oxygen atoms in total. The van der Waals surface area contributed by atoms with Gasteiger partial charge >= 0.3 is 74.4 Å². The summed E-state index contributed by atoms with van der Waals surface area (Å²) in [5.41, 5.74) is 1.18. The van der Waals surface area contributed by atoms with Crippen LogP contribution >= 0.6 is 0 Å². The summed E-state index contributed by atoms with van der Waals surface area (Å²) in [7, 11) is 0. The van der Waals surface area contributed by atoms with Gasteiger partial charge < -0.3 is 0 Å². The Labute approximate surface area is 74.5 Å². The summed E-state index contributed by atoms with van der Waals surface area (Å²) < 4.78 is 3.79. The molecule has 10 heavy (non-hydrogen) atoms. The van der Waals surface area contributed by atoms with E-state index in [0.29, 0.717) is 0 Å². The van der Waals surface area contributed by atoms with E-state index in [9.17, 15) is 0 Å². The summed E-state index contributed by atoms with van der Waals surface area (Å²) in [4.78, 5) is 0. The average Bonchev–Trinajstić information content (AvgIpc) is 1.87. The van der Waals surface area contributed by atoms with Gasteiger partial charge in [0.25, 0.3) is 0 Å². The summed E-state index contributed by atoms with van der Waals surface area (Å²) in [6.45, 7) is 8.10. The van der Waals surface area contributed by atoms with Gasteiger partial charge in [-0.05, 0) is 0 Å². The van der Waals surface area contributed by atoms with E-state index in [0.717, 1.165) is 0 Å². The van der Waals surface area contributed by atoms with E-state index in [1.807, 2.05) is 6.92 Å². The zero-order valence-corrected chi connectivity index (χ0v) is 9.22. The number of rotatable bonds is 5. The molecular weight excluding hydrogens is 236 g/mol. The van der Waals surface area contributed by atoms with Gasteiger partial charge in [0.1, 0.15) is 0 Å². The SMILES string of the molecule is C=C(C)C=C[Te]CCCC. The summed E-state index contributed by atoms with van der Waals surface area (Å²) in [5, 5.41) is 0. The van der Waals surface area contributed by atoms with Crippen LogP contribution in [0, 0.1) is 0 Å². The Hall–Kier alpha value is 0.270. The molecule has 1 heteroatoms. The van der Waals surface area contributed by atoms with Crippen molar-refractivity contribution in [2.75, 3.05) is 0 Å². The van der Waals surface area contributed by atoms with Crippen LogP contribution in [0.1, 0.15) is 26.7 Å². The fourth-order valence-electron chi connectivity index (χ4n) is 0.460. The summed E-state index contributed by atoms with van der Waals surface area (Å²) in [6, 6.07) is 0. The molecule has 0 rings (SSSR count). The average molecular weight is 252 g/mol. The molecule has 0 aromatic carbocycles. The Balaban J connectivity index is 3.10. The third-order valence-corrected chi connectivity index (χ3v) is 3.50. The first-order chi connectivity index (χ1) is 4.77.